The second-order valence-corrected chi connectivity index (χ2v) is 13.9. The Bertz CT molecular complexity index is 1740. The molecule has 0 spiro atoms. The number of carbonyl (C=O) groups excluding carboxylic acids is 1. The van der Waals surface area contributed by atoms with Crippen molar-refractivity contribution in [1.82, 2.24) is 19.4 Å². The summed E-state index contributed by atoms with van der Waals surface area (Å²) < 4.78 is 48.8. The van der Waals surface area contributed by atoms with Crippen molar-refractivity contribution in [3.63, 3.8) is 0 Å². The number of benzene rings is 2. The van der Waals surface area contributed by atoms with Gasteiger partial charge in [-0.3, -0.25) is 9.47 Å². The Morgan fingerprint density at radius 3 is 2.41 bits per heavy atom. The maximum Gasteiger partial charge on any atom is 0.410 e. The number of ether oxygens (including phenoxy) is 3. The van der Waals surface area contributed by atoms with Gasteiger partial charge in [-0.1, -0.05) is 23.2 Å². The van der Waals surface area contributed by atoms with Crippen LogP contribution in [0.15, 0.2) is 23.0 Å². The number of carbonyl (C=O) groups is 1. The summed E-state index contributed by atoms with van der Waals surface area (Å²) in [7, 11) is 0. The lowest BCUT2D eigenvalue weighted by molar-refractivity contribution is 0.00337. The highest BCUT2D eigenvalue weighted by Gasteiger charge is 2.38. The van der Waals surface area contributed by atoms with Crippen molar-refractivity contribution in [2.75, 3.05) is 50.9 Å². The van der Waals surface area contributed by atoms with Crippen LogP contribution in [0.25, 0.3) is 22.0 Å². The van der Waals surface area contributed by atoms with E-state index in [1.807, 2.05) is 39.5 Å². The first kappa shape index (κ1) is 32.7. The molecule has 0 N–H and O–H groups in total. The van der Waals surface area contributed by atoms with Crippen molar-refractivity contribution in [1.29, 1.82) is 0 Å². The summed E-state index contributed by atoms with van der Waals surface area (Å²) in [5.41, 5.74) is -0.641. The zero-order valence-electron chi connectivity index (χ0n) is 26.4. The van der Waals surface area contributed by atoms with Crippen LogP contribution in [0.5, 0.6) is 5.75 Å². The molecule has 46 heavy (non-hydrogen) atoms. The summed E-state index contributed by atoms with van der Waals surface area (Å²) in [6.07, 6.45) is -0.414. The smallest absolute Gasteiger partial charge is 0.410 e. The Morgan fingerprint density at radius 2 is 1.72 bits per heavy atom. The zero-order valence-corrected chi connectivity index (χ0v) is 27.9. The predicted octanol–water partition coefficient (Wildman–Crippen LogP) is 5.58. The van der Waals surface area contributed by atoms with Gasteiger partial charge in [-0.25, -0.2) is 18.4 Å². The molecule has 3 atom stereocenters. The molecule has 0 saturated carbocycles. The number of morpholine rings is 1. The Balaban J connectivity index is 1.50. The lowest BCUT2D eigenvalue weighted by atomic mass is 10.00. The topological polar surface area (TPSA) is 89.4 Å². The van der Waals surface area contributed by atoms with Crippen LogP contribution in [0.1, 0.15) is 34.6 Å². The number of hydrogen-bond acceptors (Lipinski definition) is 8. The van der Waals surface area contributed by atoms with E-state index >= 15 is 4.39 Å². The van der Waals surface area contributed by atoms with Gasteiger partial charge in [0.15, 0.2) is 5.75 Å². The van der Waals surface area contributed by atoms with Crippen LogP contribution in [0.4, 0.5) is 19.4 Å². The van der Waals surface area contributed by atoms with E-state index in [9.17, 15) is 14.0 Å². The number of aromatic nitrogens is 2. The summed E-state index contributed by atoms with van der Waals surface area (Å²) in [5.74, 6) is -1.22. The molecule has 3 aliphatic rings. The zero-order chi connectivity index (χ0) is 33.1. The summed E-state index contributed by atoms with van der Waals surface area (Å²) in [6.45, 7) is 12.8. The molecule has 10 nitrogen and oxygen atoms in total. The molecule has 0 radical (unpaired) electrons. The number of hydrogen-bond donors (Lipinski definition) is 0. The normalized spacial score (nSPS) is 22.5. The van der Waals surface area contributed by atoms with Crippen molar-refractivity contribution in [3.8, 4) is 16.9 Å². The Morgan fingerprint density at radius 1 is 1.00 bits per heavy atom. The van der Waals surface area contributed by atoms with Gasteiger partial charge < -0.3 is 24.0 Å². The Kier molecular flexibility index (Phi) is 8.86. The van der Waals surface area contributed by atoms with Gasteiger partial charge in [-0.15, -0.1) is 0 Å². The van der Waals surface area contributed by atoms with Crippen LogP contribution in [0.2, 0.25) is 10.0 Å². The Hall–Kier alpha value is -3.19. The van der Waals surface area contributed by atoms with E-state index in [4.69, 9.17) is 37.4 Å². The van der Waals surface area contributed by atoms with E-state index in [0.29, 0.717) is 62.2 Å². The highest BCUT2D eigenvalue weighted by atomic mass is 35.5. The first-order valence-corrected chi connectivity index (χ1v) is 16.1. The third-order valence-electron chi connectivity index (χ3n) is 8.69. The minimum atomic E-state index is -0.906. The van der Waals surface area contributed by atoms with Gasteiger partial charge >= 0.3 is 11.8 Å². The molecule has 2 aromatic carbocycles. The van der Waals surface area contributed by atoms with E-state index in [1.54, 1.807) is 15.5 Å². The number of amides is 1. The number of piperazine rings is 1. The van der Waals surface area contributed by atoms with Crippen molar-refractivity contribution < 1.29 is 27.8 Å². The van der Waals surface area contributed by atoms with Gasteiger partial charge in [0.25, 0.3) is 0 Å². The van der Waals surface area contributed by atoms with E-state index in [-0.39, 0.29) is 58.2 Å². The molecular formula is C32H37Cl2F2N5O5. The SMILES string of the molecule is C[C@@H]1CN(c2nc(=O)n3c4c(c(-c5cc(Cl)c(F)cc5F)c(Cl)cc24)OC[C@H](N2CCOCC2)C3)[C@@H](C)CN1C(=O)OC(C)(C)C. The third kappa shape index (κ3) is 6.12. The second kappa shape index (κ2) is 12.4. The molecule has 4 heterocycles. The van der Waals surface area contributed by atoms with Crippen LogP contribution in [-0.4, -0.2) is 95.2 Å². The van der Waals surface area contributed by atoms with Crippen LogP contribution in [-0.2, 0) is 16.0 Å². The predicted molar refractivity (Wildman–Crippen MR) is 172 cm³/mol. The lowest BCUT2D eigenvalue weighted by Gasteiger charge is -2.45. The molecule has 6 rings (SSSR count). The lowest BCUT2D eigenvalue weighted by Crippen LogP contribution is -2.59. The van der Waals surface area contributed by atoms with Crippen molar-refractivity contribution in [2.45, 2.75) is 64.9 Å². The molecule has 0 unspecified atom stereocenters. The average Bonchev–Trinajstić information content (AvgIpc) is 3.19. The summed E-state index contributed by atoms with van der Waals surface area (Å²) >= 11 is 13.0. The molecule has 2 fully saturated rings. The number of rotatable bonds is 3. The number of halogens is 4. The molecule has 1 aromatic heterocycles. The van der Waals surface area contributed by atoms with E-state index in [0.717, 1.165) is 0 Å². The highest BCUT2D eigenvalue weighted by molar-refractivity contribution is 6.35. The van der Waals surface area contributed by atoms with Crippen molar-refractivity contribution >= 4 is 46.0 Å². The molecule has 1 amide bonds. The van der Waals surface area contributed by atoms with Crippen LogP contribution in [0.3, 0.4) is 0 Å². The fourth-order valence-electron chi connectivity index (χ4n) is 6.46. The minimum Gasteiger partial charge on any atom is -0.489 e. The fourth-order valence-corrected chi connectivity index (χ4v) is 6.92. The monoisotopic (exact) mass is 679 g/mol. The average molecular weight is 681 g/mol. The third-order valence-corrected chi connectivity index (χ3v) is 9.28. The van der Waals surface area contributed by atoms with Crippen molar-refractivity contribution in [3.05, 3.63) is 50.4 Å². The van der Waals surface area contributed by atoms with Gasteiger partial charge in [0, 0.05) is 67.4 Å². The first-order chi connectivity index (χ1) is 21.7. The Labute approximate surface area is 275 Å². The summed E-state index contributed by atoms with van der Waals surface area (Å²) in [4.78, 5) is 37.4. The van der Waals surface area contributed by atoms with Gasteiger partial charge in [0.2, 0.25) is 0 Å². The largest absolute Gasteiger partial charge is 0.489 e. The molecular weight excluding hydrogens is 643 g/mol. The quantitative estimate of drug-likeness (QED) is 0.332. The molecule has 248 valence electrons. The van der Waals surface area contributed by atoms with E-state index in [1.165, 1.54) is 6.07 Å². The number of anilines is 1. The second-order valence-electron chi connectivity index (χ2n) is 13.1. The standard InChI is InChI=1S/C32H37Cl2F2N5O5/c1-17-14-40(31(43)46-32(3,4)5)18(2)13-39(17)29-21-11-23(34)26(20-10-22(33)25(36)12-24(20)35)28-27(21)41(30(42)37-29)15-19(16-45-28)38-6-8-44-9-7-38/h10-12,17-19H,6-9,13-16H2,1-5H3/t17-,18+,19+/m0/s1. The fraction of sp³-hybridized carbons (Fsp3) is 0.531. The van der Waals surface area contributed by atoms with Crippen LogP contribution < -0.4 is 15.3 Å². The van der Waals surface area contributed by atoms with Gasteiger partial charge in [-0.2, -0.15) is 4.98 Å². The molecule has 14 heteroatoms. The van der Waals surface area contributed by atoms with Gasteiger partial charge in [0.1, 0.15) is 29.7 Å². The van der Waals surface area contributed by atoms with Crippen LogP contribution in [0, 0.1) is 11.6 Å². The minimum absolute atomic E-state index is 0.0524. The maximum atomic E-state index is 15.4. The first-order valence-electron chi connectivity index (χ1n) is 15.4. The molecule has 3 aliphatic heterocycles. The molecule has 0 bridgehead atoms. The molecule has 0 aliphatic carbocycles. The number of nitrogens with zero attached hydrogens (tertiary/aromatic N) is 5. The van der Waals surface area contributed by atoms with Gasteiger partial charge in [0.05, 0.1) is 34.8 Å². The molecule has 2 saturated heterocycles. The van der Waals surface area contributed by atoms with E-state index in [2.05, 4.69) is 9.88 Å². The van der Waals surface area contributed by atoms with Crippen LogP contribution >= 0.6 is 23.2 Å². The van der Waals surface area contributed by atoms with Gasteiger partial charge in [-0.05, 0) is 46.8 Å². The van der Waals surface area contributed by atoms with Crippen molar-refractivity contribution in [2.24, 2.45) is 0 Å². The van der Waals surface area contributed by atoms with E-state index < -0.39 is 29.0 Å². The molecule has 3 aromatic rings. The highest BCUT2D eigenvalue weighted by Crippen LogP contribution is 2.47. The summed E-state index contributed by atoms with van der Waals surface area (Å²) in [6, 6.07) is 2.78. The summed E-state index contributed by atoms with van der Waals surface area (Å²) in [5, 5.41) is 0.373. The maximum absolute atomic E-state index is 15.4.